The third-order valence-corrected chi connectivity index (χ3v) is 6.89. The number of alkyl halides is 3. The summed E-state index contributed by atoms with van der Waals surface area (Å²) in [5, 5.41) is -0.596. The standard InChI is InChI=1S/C10H20F3O2PS/c1-5-6-7-14-16(17,9(2,3)4)15-8-10(11,12)13/h5-8H2,1-4H3. The Morgan fingerprint density at radius 3 is 2.00 bits per heavy atom. The van der Waals surface area contributed by atoms with Crippen LogP contribution in [0.5, 0.6) is 0 Å². The van der Waals surface area contributed by atoms with E-state index in [4.69, 9.17) is 20.9 Å². The van der Waals surface area contributed by atoms with Crippen molar-refractivity contribution in [1.29, 1.82) is 0 Å². The second kappa shape index (κ2) is 6.50. The number of unbranched alkanes of at least 4 members (excludes halogenated alkanes) is 1. The smallest absolute Gasteiger partial charge is 0.329 e. The van der Waals surface area contributed by atoms with Gasteiger partial charge in [-0.3, -0.25) is 0 Å². The number of hydrogen-bond donors (Lipinski definition) is 0. The maximum atomic E-state index is 12.2. The van der Waals surface area contributed by atoms with Crippen LogP contribution in [0.15, 0.2) is 0 Å². The van der Waals surface area contributed by atoms with Crippen LogP contribution in [0.4, 0.5) is 13.2 Å². The van der Waals surface area contributed by atoms with Crippen molar-refractivity contribution in [3.63, 3.8) is 0 Å². The fourth-order valence-corrected chi connectivity index (χ4v) is 2.83. The lowest BCUT2D eigenvalue weighted by Gasteiger charge is -2.34. The Morgan fingerprint density at radius 2 is 1.65 bits per heavy atom. The van der Waals surface area contributed by atoms with Gasteiger partial charge >= 0.3 is 6.18 Å². The van der Waals surface area contributed by atoms with Crippen LogP contribution in [-0.4, -0.2) is 24.5 Å². The Hall–Kier alpha value is 0.360. The van der Waals surface area contributed by atoms with Crippen molar-refractivity contribution >= 4 is 18.3 Å². The van der Waals surface area contributed by atoms with Crippen LogP contribution in [0.2, 0.25) is 0 Å². The molecule has 1 atom stereocenters. The number of rotatable bonds is 6. The first kappa shape index (κ1) is 17.4. The Bertz CT molecular complexity index is 274. The van der Waals surface area contributed by atoms with E-state index in [1.807, 2.05) is 6.92 Å². The predicted molar refractivity (Wildman–Crippen MR) is 66.9 cm³/mol. The van der Waals surface area contributed by atoms with Crippen LogP contribution < -0.4 is 0 Å². The summed E-state index contributed by atoms with van der Waals surface area (Å²) in [5.41, 5.74) is 0. The topological polar surface area (TPSA) is 18.5 Å². The molecule has 0 saturated heterocycles. The molecule has 0 aromatic heterocycles. The lowest BCUT2D eigenvalue weighted by Crippen LogP contribution is -2.24. The molecule has 0 heterocycles. The Morgan fingerprint density at radius 1 is 1.12 bits per heavy atom. The summed E-state index contributed by atoms with van der Waals surface area (Å²) in [4.78, 5) is 0. The predicted octanol–water partition coefficient (Wildman–Crippen LogP) is 4.49. The van der Waals surface area contributed by atoms with Crippen LogP contribution in [0.25, 0.3) is 0 Å². The first-order valence-corrected chi connectivity index (χ1v) is 8.11. The summed E-state index contributed by atoms with van der Waals surface area (Å²) < 4.78 is 46.8. The Kier molecular flexibility index (Phi) is 6.64. The van der Waals surface area contributed by atoms with E-state index in [1.165, 1.54) is 0 Å². The third-order valence-electron chi connectivity index (χ3n) is 1.98. The first-order valence-electron chi connectivity index (χ1n) is 5.48. The van der Waals surface area contributed by atoms with E-state index in [1.54, 1.807) is 20.8 Å². The average Bonchev–Trinajstić information content (AvgIpc) is 2.12. The van der Waals surface area contributed by atoms with Gasteiger partial charge in [0.15, 0.2) is 6.49 Å². The maximum absolute atomic E-state index is 12.2. The second-order valence-electron chi connectivity index (χ2n) is 4.74. The van der Waals surface area contributed by atoms with Gasteiger partial charge in [-0.05, 0) is 18.2 Å². The molecule has 1 unspecified atom stereocenters. The van der Waals surface area contributed by atoms with Crippen molar-refractivity contribution < 1.29 is 22.2 Å². The zero-order chi connectivity index (χ0) is 13.7. The van der Waals surface area contributed by atoms with Crippen molar-refractivity contribution in [2.45, 2.75) is 51.9 Å². The van der Waals surface area contributed by atoms with Gasteiger partial charge in [-0.15, -0.1) is 0 Å². The molecule has 0 aliphatic carbocycles. The van der Waals surface area contributed by atoms with Crippen molar-refractivity contribution in [3.05, 3.63) is 0 Å². The summed E-state index contributed by atoms with van der Waals surface area (Å²) in [7, 11) is 0. The minimum absolute atomic E-state index is 0.350. The van der Waals surface area contributed by atoms with Gasteiger partial charge < -0.3 is 9.05 Å². The quantitative estimate of drug-likeness (QED) is 0.531. The first-order chi connectivity index (χ1) is 7.52. The fraction of sp³-hybridized carbons (Fsp3) is 1.00. The zero-order valence-electron chi connectivity index (χ0n) is 10.6. The van der Waals surface area contributed by atoms with Crippen LogP contribution in [-0.2, 0) is 20.9 Å². The highest BCUT2D eigenvalue weighted by molar-refractivity contribution is 8.10. The van der Waals surface area contributed by atoms with E-state index in [9.17, 15) is 13.2 Å². The summed E-state index contributed by atoms with van der Waals surface area (Å²) in [5.74, 6) is 0. The summed E-state index contributed by atoms with van der Waals surface area (Å²) in [6.45, 7) is 3.31. The Balaban J connectivity index is 4.58. The molecule has 0 saturated carbocycles. The average molecular weight is 292 g/mol. The molecule has 0 fully saturated rings. The van der Waals surface area contributed by atoms with Gasteiger partial charge in [-0.2, -0.15) is 13.2 Å². The molecule has 17 heavy (non-hydrogen) atoms. The van der Waals surface area contributed by atoms with Gasteiger partial charge in [0, 0.05) is 5.16 Å². The Labute approximate surface area is 106 Å². The van der Waals surface area contributed by atoms with Crippen molar-refractivity contribution in [3.8, 4) is 0 Å². The molecule has 0 aromatic carbocycles. The zero-order valence-corrected chi connectivity index (χ0v) is 12.3. The van der Waals surface area contributed by atoms with E-state index < -0.39 is 24.4 Å². The molecule has 104 valence electrons. The van der Waals surface area contributed by atoms with Crippen molar-refractivity contribution in [2.75, 3.05) is 13.2 Å². The molecule has 7 heteroatoms. The van der Waals surface area contributed by atoms with E-state index in [0.29, 0.717) is 6.61 Å². The highest BCUT2D eigenvalue weighted by Crippen LogP contribution is 2.60. The molecule has 2 nitrogen and oxygen atoms in total. The number of halogens is 3. The van der Waals surface area contributed by atoms with Crippen molar-refractivity contribution in [1.82, 2.24) is 0 Å². The number of hydrogen-bond acceptors (Lipinski definition) is 3. The maximum Gasteiger partial charge on any atom is 0.412 e. The normalized spacial score (nSPS) is 16.9. The fourth-order valence-electron chi connectivity index (χ4n) is 0.912. The molecule has 0 aliphatic heterocycles. The molecule has 0 aromatic rings. The molecule has 0 radical (unpaired) electrons. The van der Waals surface area contributed by atoms with Gasteiger partial charge in [-0.25, -0.2) is 0 Å². The van der Waals surface area contributed by atoms with E-state index in [0.717, 1.165) is 12.8 Å². The van der Waals surface area contributed by atoms with Gasteiger partial charge in [0.2, 0.25) is 0 Å². The minimum Gasteiger partial charge on any atom is -0.329 e. The molecule has 0 amide bonds. The highest BCUT2D eigenvalue weighted by Gasteiger charge is 2.39. The van der Waals surface area contributed by atoms with E-state index >= 15 is 0 Å². The summed E-state index contributed by atoms with van der Waals surface area (Å²) in [6.07, 6.45) is -2.70. The third kappa shape index (κ3) is 6.75. The molecule has 0 spiro atoms. The monoisotopic (exact) mass is 292 g/mol. The molecule has 0 bridgehead atoms. The van der Waals surface area contributed by atoms with E-state index in [-0.39, 0.29) is 0 Å². The van der Waals surface area contributed by atoms with Crippen LogP contribution in [0, 0.1) is 0 Å². The van der Waals surface area contributed by atoms with Gasteiger partial charge in [-0.1, -0.05) is 34.1 Å². The summed E-state index contributed by atoms with van der Waals surface area (Å²) >= 11 is 5.19. The van der Waals surface area contributed by atoms with Gasteiger partial charge in [0.05, 0.1) is 6.61 Å². The molecular formula is C10H20F3O2PS. The molecule has 0 rings (SSSR count). The SMILES string of the molecule is CCCCOP(=S)(OCC(F)(F)F)C(C)(C)C. The van der Waals surface area contributed by atoms with Crippen molar-refractivity contribution in [2.24, 2.45) is 0 Å². The molecule has 0 N–H and O–H groups in total. The van der Waals surface area contributed by atoms with Gasteiger partial charge in [0.25, 0.3) is 0 Å². The summed E-state index contributed by atoms with van der Waals surface area (Å²) in [6, 6.07) is 0. The minimum atomic E-state index is -4.37. The lowest BCUT2D eigenvalue weighted by molar-refractivity contribution is -0.154. The van der Waals surface area contributed by atoms with Gasteiger partial charge in [0.1, 0.15) is 6.61 Å². The van der Waals surface area contributed by atoms with Crippen LogP contribution >= 0.6 is 6.49 Å². The largest absolute Gasteiger partial charge is 0.412 e. The van der Waals surface area contributed by atoms with E-state index in [2.05, 4.69) is 0 Å². The molecular weight excluding hydrogens is 272 g/mol. The second-order valence-corrected chi connectivity index (χ2v) is 9.04. The lowest BCUT2D eigenvalue weighted by atomic mass is 10.3. The highest BCUT2D eigenvalue weighted by atomic mass is 32.5. The van der Waals surface area contributed by atoms with Crippen LogP contribution in [0.1, 0.15) is 40.5 Å². The van der Waals surface area contributed by atoms with Crippen LogP contribution in [0.3, 0.4) is 0 Å². The molecule has 0 aliphatic rings.